The summed E-state index contributed by atoms with van der Waals surface area (Å²) in [6.07, 6.45) is 2.58. The number of nitrogens with zero attached hydrogens (tertiary/aromatic N) is 3. The van der Waals surface area contributed by atoms with Crippen molar-refractivity contribution in [2.45, 2.75) is 32.4 Å². The lowest BCUT2D eigenvalue weighted by atomic mass is 10.2. The van der Waals surface area contributed by atoms with Gasteiger partial charge in [-0.3, -0.25) is 0 Å². The van der Waals surface area contributed by atoms with Crippen molar-refractivity contribution in [3.05, 3.63) is 47.7 Å². The second-order valence-corrected chi connectivity index (χ2v) is 6.05. The quantitative estimate of drug-likeness (QED) is 0.888. The summed E-state index contributed by atoms with van der Waals surface area (Å²) in [5.74, 6) is 1.60. The van der Waals surface area contributed by atoms with Gasteiger partial charge < -0.3 is 15.0 Å². The van der Waals surface area contributed by atoms with Crippen molar-refractivity contribution in [3.63, 3.8) is 0 Å². The Bertz CT molecular complexity index is 626. The van der Waals surface area contributed by atoms with Crippen LogP contribution in [0.25, 0.3) is 0 Å². The molecule has 3 rings (SSSR count). The van der Waals surface area contributed by atoms with Crippen molar-refractivity contribution < 1.29 is 4.74 Å². The van der Waals surface area contributed by atoms with Crippen molar-refractivity contribution in [2.75, 3.05) is 30.4 Å². The van der Waals surface area contributed by atoms with Crippen LogP contribution in [0, 0.1) is 6.92 Å². The monoisotopic (exact) mass is 312 g/mol. The summed E-state index contributed by atoms with van der Waals surface area (Å²) < 4.78 is 5.65. The SMILES string of the molecule is Cc1cc(NCC2CCCO2)nc(N(C)Cc2ccccc2)n1. The number of hydrogen-bond acceptors (Lipinski definition) is 5. The molecular weight excluding hydrogens is 288 g/mol. The maximum absolute atomic E-state index is 5.65. The van der Waals surface area contributed by atoms with Crippen LogP contribution in [-0.2, 0) is 11.3 Å². The Hall–Kier alpha value is -2.14. The number of nitrogens with one attached hydrogen (secondary N) is 1. The molecular formula is C18H24N4O. The molecule has 0 aliphatic carbocycles. The minimum atomic E-state index is 0.302. The zero-order valence-corrected chi connectivity index (χ0v) is 13.8. The fourth-order valence-electron chi connectivity index (χ4n) is 2.77. The number of benzene rings is 1. The largest absolute Gasteiger partial charge is 0.376 e. The molecule has 1 unspecified atom stereocenters. The van der Waals surface area contributed by atoms with Crippen LogP contribution in [-0.4, -0.2) is 36.3 Å². The van der Waals surface area contributed by atoms with E-state index in [1.807, 2.05) is 26.1 Å². The third-order valence-electron chi connectivity index (χ3n) is 3.98. The van der Waals surface area contributed by atoms with Gasteiger partial charge in [-0.2, -0.15) is 4.98 Å². The third kappa shape index (κ3) is 4.42. The van der Waals surface area contributed by atoms with Crippen molar-refractivity contribution in [2.24, 2.45) is 0 Å². The molecule has 0 spiro atoms. The van der Waals surface area contributed by atoms with E-state index in [9.17, 15) is 0 Å². The predicted octanol–water partition coefficient (Wildman–Crippen LogP) is 3.01. The molecule has 1 atom stereocenters. The molecule has 1 aliphatic rings. The molecule has 1 aliphatic heterocycles. The van der Waals surface area contributed by atoms with Gasteiger partial charge in [0.15, 0.2) is 0 Å². The van der Waals surface area contributed by atoms with Gasteiger partial charge in [-0.15, -0.1) is 0 Å². The summed E-state index contributed by atoms with van der Waals surface area (Å²) in [5, 5.41) is 3.38. The molecule has 122 valence electrons. The summed E-state index contributed by atoms with van der Waals surface area (Å²) in [6.45, 7) is 4.47. The highest BCUT2D eigenvalue weighted by atomic mass is 16.5. The van der Waals surface area contributed by atoms with Crippen LogP contribution in [0.2, 0.25) is 0 Å². The van der Waals surface area contributed by atoms with E-state index in [1.54, 1.807) is 0 Å². The van der Waals surface area contributed by atoms with Gasteiger partial charge in [0.1, 0.15) is 5.82 Å². The van der Waals surface area contributed by atoms with Crippen LogP contribution in [0.15, 0.2) is 36.4 Å². The fraction of sp³-hybridized carbons (Fsp3) is 0.444. The molecule has 1 saturated heterocycles. The minimum absolute atomic E-state index is 0.302. The molecule has 1 aromatic carbocycles. The lowest BCUT2D eigenvalue weighted by Gasteiger charge is -2.19. The maximum Gasteiger partial charge on any atom is 0.227 e. The van der Waals surface area contributed by atoms with E-state index >= 15 is 0 Å². The number of aromatic nitrogens is 2. The highest BCUT2D eigenvalue weighted by Crippen LogP contribution is 2.17. The number of hydrogen-bond donors (Lipinski definition) is 1. The number of anilines is 2. The van der Waals surface area contributed by atoms with Crippen LogP contribution >= 0.6 is 0 Å². The Balaban J connectivity index is 1.66. The van der Waals surface area contributed by atoms with Crippen molar-refractivity contribution in [1.29, 1.82) is 0 Å². The van der Waals surface area contributed by atoms with Gasteiger partial charge in [0, 0.05) is 38.5 Å². The van der Waals surface area contributed by atoms with E-state index < -0.39 is 0 Å². The van der Waals surface area contributed by atoms with Crippen LogP contribution in [0.3, 0.4) is 0 Å². The Morgan fingerprint density at radius 1 is 1.26 bits per heavy atom. The molecule has 0 amide bonds. The smallest absolute Gasteiger partial charge is 0.227 e. The number of rotatable bonds is 6. The van der Waals surface area contributed by atoms with Gasteiger partial charge in [0.05, 0.1) is 6.10 Å². The van der Waals surface area contributed by atoms with E-state index in [1.165, 1.54) is 5.56 Å². The highest BCUT2D eigenvalue weighted by Gasteiger charge is 2.15. The molecule has 0 bridgehead atoms. The zero-order chi connectivity index (χ0) is 16.1. The molecule has 1 aromatic heterocycles. The van der Waals surface area contributed by atoms with E-state index in [-0.39, 0.29) is 0 Å². The topological polar surface area (TPSA) is 50.3 Å². The van der Waals surface area contributed by atoms with Gasteiger partial charge in [-0.25, -0.2) is 4.98 Å². The number of ether oxygens (including phenoxy) is 1. The van der Waals surface area contributed by atoms with Crippen molar-refractivity contribution in [3.8, 4) is 0 Å². The normalized spacial score (nSPS) is 17.2. The highest BCUT2D eigenvalue weighted by molar-refractivity contribution is 5.43. The molecule has 5 nitrogen and oxygen atoms in total. The average Bonchev–Trinajstić information content (AvgIpc) is 3.07. The Morgan fingerprint density at radius 2 is 2.09 bits per heavy atom. The first-order valence-electron chi connectivity index (χ1n) is 8.17. The molecule has 2 heterocycles. The first-order valence-corrected chi connectivity index (χ1v) is 8.17. The van der Waals surface area contributed by atoms with Crippen molar-refractivity contribution in [1.82, 2.24) is 9.97 Å². The second-order valence-electron chi connectivity index (χ2n) is 6.05. The van der Waals surface area contributed by atoms with Crippen molar-refractivity contribution >= 4 is 11.8 Å². The Morgan fingerprint density at radius 3 is 2.83 bits per heavy atom. The first kappa shape index (κ1) is 15.7. The first-order chi connectivity index (χ1) is 11.2. The van der Waals surface area contributed by atoms with Gasteiger partial charge in [-0.1, -0.05) is 30.3 Å². The molecule has 0 saturated carbocycles. The van der Waals surface area contributed by atoms with E-state index in [4.69, 9.17) is 4.74 Å². The molecule has 0 radical (unpaired) electrons. The Kier molecular flexibility index (Phi) is 5.08. The van der Waals surface area contributed by atoms with Gasteiger partial charge in [0.25, 0.3) is 0 Å². The van der Waals surface area contributed by atoms with Gasteiger partial charge in [0.2, 0.25) is 5.95 Å². The predicted molar refractivity (Wildman–Crippen MR) is 92.8 cm³/mol. The van der Waals surface area contributed by atoms with E-state index in [0.29, 0.717) is 6.10 Å². The number of aryl methyl sites for hydroxylation is 1. The minimum Gasteiger partial charge on any atom is -0.376 e. The molecule has 23 heavy (non-hydrogen) atoms. The third-order valence-corrected chi connectivity index (χ3v) is 3.98. The lowest BCUT2D eigenvalue weighted by Crippen LogP contribution is -2.22. The van der Waals surface area contributed by atoms with Gasteiger partial charge in [-0.05, 0) is 25.3 Å². The summed E-state index contributed by atoms with van der Waals surface area (Å²) in [5.41, 5.74) is 2.21. The van der Waals surface area contributed by atoms with Gasteiger partial charge >= 0.3 is 0 Å². The molecule has 1 N–H and O–H groups in total. The van der Waals surface area contributed by atoms with E-state index in [0.717, 1.165) is 50.0 Å². The standard InChI is InChI=1S/C18H24N4O/c1-14-11-17(19-12-16-9-6-10-23-16)21-18(20-14)22(2)13-15-7-4-3-5-8-15/h3-5,7-8,11,16H,6,9-10,12-13H2,1-2H3,(H,19,20,21). The maximum atomic E-state index is 5.65. The second kappa shape index (κ2) is 7.42. The van der Waals surface area contributed by atoms with Crippen LogP contribution in [0.4, 0.5) is 11.8 Å². The molecule has 1 fully saturated rings. The van der Waals surface area contributed by atoms with E-state index in [2.05, 4.69) is 44.5 Å². The zero-order valence-electron chi connectivity index (χ0n) is 13.8. The fourth-order valence-corrected chi connectivity index (χ4v) is 2.77. The summed E-state index contributed by atoms with van der Waals surface area (Å²) in [7, 11) is 2.02. The van der Waals surface area contributed by atoms with Crippen LogP contribution in [0.5, 0.6) is 0 Å². The van der Waals surface area contributed by atoms with Crippen LogP contribution < -0.4 is 10.2 Å². The summed E-state index contributed by atoms with van der Waals surface area (Å²) in [6, 6.07) is 12.3. The summed E-state index contributed by atoms with van der Waals surface area (Å²) in [4.78, 5) is 11.3. The van der Waals surface area contributed by atoms with Crippen LogP contribution in [0.1, 0.15) is 24.1 Å². The molecule has 5 heteroatoms. The average molecular weight is 312 g/mol. The summed E-state index contributed by atoms with van der Waals surface area (Å²) >= 11 is 0. The lowest BCUT2D eigenvalue weighted by molar-refractivity contribution is 0.120. The molecule has 2 aromatic rings. The Labute approximate surface area is 137 Å².